The van der Waals surface area contributed by atoms with E-state index in [1.807, 2.05) is 36.4 Å². The van der Waals surface area contributed by atoms with Crippen molar-refractivity contribution in [3.63, 3.8) is 0 Å². The number of carboxylic acid groups (broad SMARTS) is 1. The second-order valence-electron chi connectivity index (χ2n) is 5.43. The summed E-state index contributed by atoms with van der Waals surface area (Å²) in [7, 11) is 0. The summed E-state index contributed by atoms with van der Waals surface area (Å²) in [4.78, 5) is 34.2. The monoisotopic (exact) mass is 334 g/mol. The van der Waals surface area contributed by atoms with Crippen LogP contribution in [0.25, 0.3) is 10.8 Å². The summed E-state index contributed by atoms with van der Waals surface area (Å²) in [6.07, 6.45) is 0. The van der Waals surface area contributed by atoms with E-state index >= 15 is 0 Å². The zero-order valence-electron chi connectivity index (χ0n) is 13.1. The van der Waals surface area contributed by atoms with E-state index in [9.17, 15) is 14.4 Å². The van der Waals surface area contributed by atoms with Gasteiger partial charge in [0.05, 0.1) is 0 Å². The van der Waals surface area contributed by atoms with Crippen LogP contribution >= 0.6 is 0 Å². The zero-order valence-corrected chi connectivity index (χ0v) is 13.1. The van der Waals surface area contributed by atoms with Crippen LogP contribution in [0.1, 0.15) is 20.7 Å². The number of carboxylic acids is 1. The number of fused-ring (bicyclic) bond motifs is 1. The molecule has 124 valence electrons. The van der Waals surface area contributed by atoms with Gasteiger partial charge < -0.3 is 9.84 Å². The van der Waals surface area contributed by atoms with Crippen molar-refractivity contribution in [2.45, 2.75) is 0 Å². The number of Topliss-reactive ketones (excluding diaryl/α,β-unsaturated/α-hetero) is 2. The summed E-state index contributed by atoms with van der Waals surface area (Å²) in [6.45, 7) is -0.148. The predicted octanol–water partition coefficient (Wildman–Crippen LogP) is 3.37. The van der Waals surface area contributed by atoms with Gasteiger partial charge in [0.2, 0.25) is 0 Å². The number of hydrogen-bond acceptors (Lipinski definition) is 4. The van der Waals surface area contributed by atoms with E-state index in [1.165, 1.54) is 24.3 Å². The van der Waals surface area contributed by atoms with E-state index in [4.69, 9.17) is 9.84 Å². The van der Waals surface area contributed by atoms with E-state index < -0.39 is 11.8 Å². The SMILES string of the molecule is O=C(O)C(=O)c1ccc(OCC(=O)c2ccc3ccccc3c2)cc1. The van der Waals surface area contributed by atoms with Gasteiger partial charge in [-0.2, -0.15) is 0 Å². The number of ketones is 2. The first-order valence-electron chi connectivity index (χ1n) is 7.57. The maximum Gasteiger partial charge on any atom is 0.377 e. The Morgan fingerprint density at radius 1 is 0.800 bits per heavy atom. The Labute approximate surface area is 143 Å². The van der Waals surface area contributed by atoms with Crippen LogP contribution in [-0.2, 0) is 4.79 Å². The van der Waals surface area contributed by atoms with Gasteiger partial charge in [-0.3, -0.25) is 9.59 Å². The van der Waals surface area contributed by atoms with Crippen LogP contribution in [0.4, 0.5) is 0 Å². The summed E-state index contributed by atoms with van der Waals surface area (Å²) >= 11 is 0. The number of benzene rings is 3. The van der Waals surface area contributed by atoms with E-state index in [-0.39, 0.29) is 18.0 Å². The highest BCUT2D eigenvalue weighted by atomic mass is 16.5. The van der Waals surface area contributed by atoms with Crippen LogP contribution in [0.2, 0.25) is 0 Å². The highest BCUT2D eigenvalue weighted by Crippen LogP contribution is 2.17. The standard InChI is InChI=1S/C20H14O5/c21-18(16-6-5-13-3-1-2-4-15(13)11-16)12-25-17-9-7-14(8-10-17)19(22)20(23)24/h1-11H,12H2,(H,23,24). The molecule has 3 rings (SSSR count). The fraction of sp³-hybridized carbons (Fsp3) is 0.0500. The maximum atomic E-state index is 12.3. The van der Waals surface area contributed by atoms with Crippen LogP contribution in [-0.4, -0.2) is 29.2 Å². The van der Waals surface area contributed by atoms with Crippen molar-refractivity contribution in [2.24, 2.45) is 0 Å². The molecule has 0 radical (unpaired) electrons. The first-order valence-corrected chi connectivity index (χ1v) is 7.57. The molecule has 0 atom stereocenters. The van der Waals surface area contributed by atoms with Gasteiger partial charge in [0.1, 0.15) is 5.75 Å². The van der Waals surface area contributed by atoms with Crippen molar-refractivity contribution in [3.8, 4) is 5.75 Å². The van der Waals surface area contributed by atoms with Crippen molar-refractivity contribution >= 4 is 28.3 Å². The van der Waals surface area contributed by atoms with Gasteiger partial charge in [-0.05, 0) is 41.1 Å². The lowest BCUT2D eigenvalue weighted by molar-refractivity contribution is -0.131. The van der Waals surface area contributed by atoms with Crippen molar-refractivity contribution in [1.82, 2.24) is 0 Å². The minimum Gasteiger partial charge on any atom is -0.485 e. The van der Waals surface area contributed by atoms with E-state index in [0.717, 1.165) is 10.8 Å². The lowest BCUT2D eigenvalue weighted by Crippen LogP contribution is -2.13. The van der Waals surface area contributed by atoms with Crippen LogP contribution in [0.3, 0.4) is 0 Å². The smallest absolute Gasteiger partial charge is 0.377 e. The van der Waals surface area contributed by atoms with Gasteiger partial charge in [0.15, 0.2) is 12.4 Å². The molecule has 5 heteroatoms. The van der Waals surface area contributed by atoms with Crippen LogP contribution in [0.15, 0.2) is 66.7 Å². The number of ether oxygens (including phenoxy) is 1. The van der Waals surface area contributed by atoms with Crippen molar-refractivity contribution < 1.29 is 24.2 Å². The van der Waals surface area contributed by atoms with Crippen LogP contribution < -0.4 is 4.74 Å². The molecule has 0 saturated heterocycles. The van der Waals surface area contributed by atoms with Crippen LogP contribution in [0, 0.1) is 0 Å². The molecule has 0 spiro atoms. The van der Waals surface area contributed by atoms with Gasteiger partial charge in [-0.25, -0.2) is 4.79 Å². The third-order valence-corrected chi connectivity index (χ3v) is 3.75. The zero-order chi connectivity index (χ0) is 17.8. The van der Waals surface area contributed by atoms with Crippen LogP contribution in [0.5, 0.6) is 5.75 Å². The number of aliphatic carboxylic acids is 1. The lowest BCUT2D eigenvalue weighted by Gasteiger charge is -2.07. The van der Waals surface area contributed by atoms with E-state index in [0.29, 0.717) is 11.3 Å². The second kappa shape index (κ2) is 6.97. The molecule has 0 aromatic heterocycles. The fourth-order valence-corrected chi connectivity index (χ4v) is 2.42. The molecule has 0 aliphatic rings. The number of carbonyl (C=O) groups is 3. The molecule has 3 aromatic carbocycles. The number of hydrogen-bond donors (Lipinski definition) is 1. The molecule has 0 aliphatic carbocycles. The summed E-state index contributed by atoms with van der Waals surface area (Å²) in [5, 5.41) is 10.7. The van der Waals surface area contributed by atoms with Crippen molar-refractivity contribution in [3.05, 3.63) is 77.9 Å². The largest absolute Gasteiger partial charge is 0.485 e. The number of rotatable bonds is 6. The summed E-state index contributed by atoms with van der Waals surface area (Å²) in [5.74, 6) is -2.29. The Bertz CT molecular complexity index is 957. The van der Waals surface area contributed by atoms with Gasteiger partial charge in [0.25, 0.3) is 5.78 Å². The molecule has 0 saturated carbocycles. The third-order valence-electron chi connectivity index (χ3n) is 3.75. The van der Waals surface area contributed by atoms with Gasteiger partial charge in [-0.15, -0.1) is 0 Å². The average Bonchev–Trinajstić information content (AvgIpc) is 2.65. The minimum absolute atomic E-state index is 0.0562. The Balaban J connectivity index is 1.67. The Morgan fingerprint density at radius 2 is 1.44 bits per heavy atom. The first kappa shape index (κ1) is 16.4. The van der Waals surface area contributed by atoms with Gasteiger partial charge in [-0.1, -0.05) is 36.4 Å². The molecule has 0 amide bonds. The molecule has 0 unspecified atom stereocenters. The molecule has 5 nitrogen and oxygen atoms in total. The Kier molecular flexibility index (Phi) is 4.57. The van der Waals surface area contributed by atoms with E-state index in [1.54, 1.807) is 6.07 Å². The van der Waals surface area contributed by atoms with Gasteiger partial charge >= 0.3 is 5.97 Å². The lowest BCUT2D eigenvalue weighted by atomic mass is 10.0. The van der Waals surface area contributed by atoms with E-state index in [2.05, 4.69) is 0 Å². The van der Waals surface area contributed by atoms with Crippen molar-refractivity contribution in [2.75, 3.05) is 6.61 Å². The summed E-state index contributed by atoms with van der Waals surface area (Å²) in [5.41, 5.74) is 0.608. The average molecular weight is 334 g/mol. The molecule has 0 heterocycles. The molecule has 0 bridgehead atoms. The highest BCUT2D eigenvalue weighted by molar-refractivity contribution is 6.39. The highest BCUT2D eigenvalue weighted by Gasteiger charge is 2.14. The fourth-order valence-electron chi connectivity index (χ4n) is 2.42. The molecule has 25 heavy (non-hydrogen) atoms. The maximum absolute atomic E-state index is 12.3. The van der Waals surface area contributed by atoms with Crippen molar-refractivity contribution in [1.29, 1.82) is 0 Å². The molecule has 0 fully saturated rings. The normalized spacial score (nSPS) is 10.4. The second-order valence-corrected chi connectivity index (χ2v) is 5.43. The molecule has 1 N–H and O–H groups in total. The molecular formula is C20H14O5. The third kappa shape index (κ3) is 3.72. The quantitative estimate of drug-likeness (QED) is 0.552. The Morgan fingerprint density at radius 3 is 2.12 bits per heavy atom. The number of carbonyl (C=O) groups excluding carboxylic acids is 2. The molecule has 3 aromatic rings. The first-order chi connectivity index (χ1) is 12.0. The van der Waals surface area contributed by atoms with Gasteiger partial charge in [0, 0.05) is 11.1 Å². The predicted molar refractivity (Wildman–Crippen MR) is 92.2 cm³/mol. The topological polar surface area (TPSA) is 80.7 Å². The summed E-state index contributed by atoms with van der Waals surface area (Å²) in [6, 6.07) is 18.8. The summed E-state index contributed by atoms with van der Waals surface area (Å²) < 4.78 is 5.42. The Hall–Kier alpha value is -3.47. The molecular weight excluding hydrogens is 320 g/mol. The minimum atomic E-state index is -1.51. The molecule has 0 aliphatic heterocycles.